The second-order valence-corrected chi connectivity index (χ2v) is 9.82. The molecule has 0 unspecified atom stereocenters. The van der Waals surface area contributed by atoms with E-state index in [9.17, 15) is 18.0 Å². The molecule has 0 radical (unpaired) electrons. The van der Waals surface area contributed by atoms with Crippen molar-refractivity contribution in [2.24, 2.45) is 0 Å². The van der Waals surface area contributed by atoms with Crippen molar-refractivity contribution in [3.63, 3.8) is 0 Å². The van der Waals surface area contributed by atoms with Crippen LogP contribution in [0.2, 0.25) is 0 Å². The fourth-order valence-electron chi connectivity index (χ4n) is 2.89. The lowest BCUT2D eigenvalue weighted by Crippen LogP contribution is -2.26. The van der Waals surface area contributed by atoms with Gasteiger partial charge < -0.3 is 4.74 Å². The highest BCUT2D eigenvalue weighted by molar-refractivity contribution is 7.90. The normalized spacial score (nSPS) is 12.2. The van der Waals surface area contributed by atoms with Crippen LogP contribution < -0.4 is 0 Å². The smallest absolute Gasteiger partial charge is 0.328 e. The van der Waals surface area contributed by atoms with Gasteiger partial charge in [0.05, 0.1) is 5.52 Å². The van der Waals surface area contributed by atoms with Crippen LogP contribution in [0.4, 0.5) is 0 Å². The number of aromatic nitrogens is 4. The third-order valence-corrected chi connectivity index (χ3v) is 4.95. The summed E-state index contributed by atoms with van der Waals surface area (Å²) in [6.45, 7) is 6.59. The van der Waals surface area contributed by atoms with Crippen LogP contribution in [0.25, 0.3) is 22.0 Å². The van der Waals surface area contributed by atoms with Gasteiger partial charge in [-0.1, -0.05) is 6.07 Å². The summed E-state index contributed by atoms with van der Waals surface area (Å²) >= 11 is 0. The summed E-state index contributed by atoms with van der Waals surface area (Å²) in [5.41, 5.74) is 1.46. The number of rotatable bonds is 5. The van der Waals surface area contributed by atoms with Crippen molar-refractivity contribution >= 4 is 32.5 Å². The Hall–Kier alpha value is -3.14. The number of hydrogen-bond donors (Lipinski definition) is 0. The van der Waals surface area contributed by atoms with E-state index < -0.39 is 21.4 Å². The summed E-state index contributed by atoms with van der Waals surface area (Å²) in [5.74, 6) is -0.709. The van der Waals surface area contributed by atoms with Gasteiger partial charge in [-0.05, 0) is 38.5 Å². The summed E-state index contributed by atoms with van der Waals surface area (Å²) in [7, 11) is -3.50. The number of carbonyl (C=O) groups is 2. The van der Waals surface area contributed by atoms with Gasteiger partial charge in [0.25, 0.3) is 0 Å². The zero-order valence-corrected chi connectivity index (χ0v) is 18.1. The molecular formula is C20H22N4O5S. The third-order valence-electron chi connectivity index (χ3n) is 4.08. The van der Waals surface area contributed by atoms with E-state index in [0.29, 0.717) is 22.0 Å². The number of nitrogens with zero attached hydrogens (tertiary/aromatic N) is 4. The predicted octanol–water partition coefficient (Wildman–Crippen LogP) is 2.44. The number of ketones is 1. The van der Waals surface area contributed by atoms with Crippen LogP contribution in [-0.4, -0.2) is 51.8 Å². The maximum absolute atomic E-state index is 12.2. The summed E-state index contributed by atoms with van der Waals surface area (Å²) in [6.07, 6.45) is 3.85. The number of Topliss-reactive ketones (excluding diaryl/α,β-unsaturated/α-hetero) is 1. The molecule has 0 aliphatic carbocycles. The molecule has 0 fully saturated rings. The Kier molecular flexibility index (Phi) is 5.46. The van der Waals surface area contributed by atoms with Crippen molar-refractivity contribution in [2.45, 2.75) is 45.0 Å². The molecule has 0 bridgehead atoms. The highest BCUT2D eigenvalue weighted by atomic mass is 32.2. The topological polar surface area (TPSA) is 121 Å². The maximum atomic E-state index is 12.2. The first kappa shape index (κ1) is 21.6. The van der Waals surface area contributed by atoms with Crippen molar-refractivity contribution in [1.82, 2.24) is 19.7 Å². The highest BCUT2D eigenvalue weighted by Crippen LogP contribution is 2.27. The lowest BCUT2D eigenvalue weighted by molar-refractivity contribution is -0.155. The molecule has 9 nitrogen and oxygen atoms in total. The first-order valence-corrected chi connectivity index (χ1v) is 11.0. The molecule has 10 heteroatoms. The number of benzene rings is 1. The van der Waals surface area contributed by atoms with Gasteiger partial charge in [-0.25, -0.2) is 18.4 Å². The number of carbonyl (C=O) groups excluding carboxylic acids is 2. The number of sulfone groups is 1. The van der Waals surface area contributed by atoms with Crippen molar-refractivity contribution in [3.05, 3.63) is 36.3 Å². The van der Waals surface area contributed by atoms with Crippen molar-refractivity contribution < 1.29 is 22.7 Å². The van der Waals surface area contributed by atoms with E-state index in [2.05, 4.69) is 15.1 Å². The zero-order chi connectivity index (χ0) is 22.3. The molecule has 2 heterocycles. The largest absolute Gasteiger partial charge is 0.459 e. The standard InChI is InChI=1S/C20H22N4O5S/c1-12(25)18-15-8-13(14-9-21-19(22-10-14)30(5,27)28)6-7-16(15)24(23-18)11-17(26)29-20(2,3)4/h6-10H,11H2,1-5H3. The first-order chi connectivity index (χ1) is 13.8. The molecular weight excluding hydrogens is 408 g/mol. The summed E-state index contributed by atoms with van der Waals surface area (Å²) in [5, 5.41) is 4.60. The van der Waals surface area contributed by atoms with Gasteiger partial charge in [0, 0.05) is 36.5 Å². The van der Waals surface area contributed by atoms with Gasteiger partial charge >= 0.3 is 5.97 Å². The summed E-state index contributed by atoms with van der Waals surface area (Å²) in [6, 6.07) is 5.24. The van der Waals surface area contributed by atoms with Gasteiger partial charge in [-0.2, -0.15) is 5.10 Å². The van der Waals surface area contributed by atoms with Crippen LogP contribution in [0, 0.1) is 0 Å². The summed E-state index contributed by atoms with van der Waals surface area (Å²) in [4.78, 5) is 32.1. The molecule has 0 aliphatic rings. The Morgan fingerprint density at radius 3 is 2.27 bits per heavy atom. The van der Waals surface area contributed by atoms with E-state index >= 15 is 0 Å². The lowest BCUT2D eigenvalue weighted by atomic mass is 10.0. The Labute approximate surface area is 174 Å². The first-order valence-electron chi connectivity index (χ1n) is 9.11. The van der Waals surface area contributed by atoms with E-state index in [1.807, 2.05) is 0 Å². The average Bonchev–Trinajstić information content (AvgIpc) is 2.97. The van der Waals surface area contributed by atoms with Crippen LogP contribution >= 0.6 is 0 Å². The number of esters is 1. The molecule has 30 heavy (non-hydrogen) atoms. The number of hydrogen-bond acceptors (Lipinski definition) is 8. The Morgan fingerprint density at radius 1 is 1.10 bits per heavy atom. The fraction of sp³-hybridized carbons (Fsp3) is 0.350. The number of fused-ring (bicyclic) bond motifs is 1. The van der Waals surface area contributed by atoms with E-state index in [0.717, 1.165) is 6.26 Å². The molecule has 3 rings (SSSR count). The van der Waals surface area contributed by atoms with Gasteiger partial charge in [0.15, 0.2) is 5.78 Å². The second-order valence-electron chi connectivity index (χ2n) is 7.91. The van der Waals surface area contributed by atoms with Crippen LogP contribution in [0.5, 0.6) is 0 Å². The van der Waals surface area contributed by atoms with Gasteiger partial charge in [0.2, 0.25) is 15.0 Å². The monoisotopic (exact) mass is 430 g/mol. The molecule has 0 saturated heterocycles. The molecule has 1 aromatic carbocycles. The van der Waals surface area contributed by atoms with E-state index in [1.165, 1.54) is 24.0 Å². The molecule has 2 aromatic heterocycles. The maximum Gasteiger partial charge on any atom is 0.328 e. The van der Waals surface area contributed by atoms with Crippen LogP contribution in [0.15, 0.2) is 35.7 Å². The van der Waals surface area contributed by atoms with E-state index in [4.69, 9.17) is 4.74 Å². The predicted molar refractivity (Wildman–Crippen MR) is 110 cm³/mol. The molecule has 0 aliphatic heterocycles. The minimum Gasteiger partial charge on any atom is -0.459 e. The van der Waals surface area contributed by atoms with Crippen LogP contribution in [-0.2, 0) is 25.9 Å². The minimum absolute atomic E-state index is 0.132. The van der Waals surface area contributed by atoms with Gasteiger partial charge in [-0.3, -0.25) is 14.3 Å². The Morgan fingerprint density at radius 2 is 1.73 bits per heavy atom. The summed E-state index contributed by atoms with van der Waals surface area (Å²) < 4.78 is 29.9. The second kappa shape index (κ2) is 7.60. The molecule has 3 aromatic rings. The van der Waals surface area contributed by atoms with Crippen molar-refractivity contribution in [1.29, 1.82) is 0 Å². The van der Waals surface area contributed by atoms with Crippen LogP contribution in [0.3, 0.4) is 0 Å². The average molecular weight is 430 g/mol. The molecule has 0 saturated carbocycles. The van der Waals surface area contributed by atoms with Crippen molar-refractivity contribution in [2.75, 3.05) is 6.26 Å². The quantitative estimate of drug-likeness (QED) is 0.344. The molecule has 0 atom stereocenters. The third kappa shape index (κ3) is 4.70. The molecule has 0 N–H and O–H groups in total. The minimum atomic E-state index is -3.50. The van der Waals surface area contributed by atoms with Gasteiger partial charge in [0.1, 0.15) is 17.8 Å². The van der Waals surface area contributed by atoms with Gasteiger partial charge in [-0.15, -0.1) is 0 Å². The zero-order valence-electron chi connectivity index (χ0n) is 17.3. The van der Waals surface area contributed by atoms with E-state index in [-0.39, 0.29) is 23.2 Å². The lowest BCUT2D eigenvalue weighted by Gasteiger charge is -2.19. The molecule has 0 amide bonds. The fourth-order valence-corrected chi connectivity index (χ4v) is 3.38. The number of ether oxygens (including phenoxy) is 1. The molecule has 158 valence electrons. The Balaban J connectivity index is 2.02. The van der Waals surface area contributed by atoms with Crippen LogP contribution in [0.1, 0.15) is 38.2 Å². The van der Waals surface area contributed by atoms with Crippen molar-refractivity contribution in [3.8, 4) is 11.1 Å². The van der Waals surface area contributed by atoms with E-state index in [1.54, 1.807) is 39.0 Å². The molecule has 0 spiro atoms. The highest BCUT2D eigenvalue weighted by Gasteiger charge is 2.21. The Bertz CT molecular complexity index is 1240. The SMILES string of the molecule is CC(=O)c1nn(CC(=O)OC(C)(C)C)c2ccc(-c3cnc(S(C)(=O)=O)nc3)cc12.